The smallest absolute Gasteiger partial charge is 0.322 e. The van der Waals surface area contributed by atoms with Crippen LogP contribution in [0.4, 0.5) is 6.01 Å². The van der Waals surface area contributed by atoms with Gasteiger partial charge in [-0.15, -0.1) is 5.10 Å². The van der Waals surface area contributed by atoms with E-state index in [1.54, 1.807) is 10.9 Å². The molecule has 7 heteroatoms. The molecule has 118 valence electrons. The lowest BCUT2D eigenvalue weighted by Gasteiger charge is -2.03. The number of rotatable bonds is 4. The van der Waals surface area contributed by atoms with Gasteiger partial charge in [-0.1, -0.05) is 35.4 Å². The molecule has 1 N–H and O–H groups in total. The van der Waals surface area contributed by atoms with Gasteiger partial charge in [-0.05, 0) is 24.3 Å². The number of amides is 1. The molecule has 0 aliphatic carbocycles. The number of anilines is 1. The topological polar surface area (TPSA) is 85.8 Å². The number of carbonyl (C=O) groups is 1. The minimum Gasteiger partial charge on any atom is -0.403 e. The Bertz CT molecular complexity index is 990. The summed E-state index contributed by atoms with van der Waals surface area (Å²) in [5.41, 5.74) is 2.53. The first-order chi connectivity index (χ1) is 11.8. The van der Waals surface area contributed by atoms with Gasteiger partial charge >= 0.3 is 6.01 Å². The molecule has 1 amide bonds. The first-order valence-corrected chi connectivity index (χ1v) is 7.38. The van der Waals surface area contributed by atoms with Crippen molar-refractivity contribution in [1.29, 1.82) is 0 Å². The van der Waals surface area contributed by atoms with Crippen LogP contribution in [0.2, 0.25) is 0 Å². The summed E-state index contributed by atoms with van der Waals surface area (Å²) in [5.74, 6) is 0.0976. The van der Waals surface area contributed by atoms with E-state index in [1.807, 2.05) is 54.6 Å². The first kappa shape index (κ1) is 14.1. The van der Waals surface area contributed by atoms with E-state index < -0.39 is 0 Å². The maximum absolute atomic E-state index is 12.2. The Hall–Kier alpha value is -3.48. The van der Waals surface area contributed by atoms with Crippen LogP contribution in [-0.4, -0.2) is 25.7 Å². The van der Waals surface area contributed by atoms with Crippen molar-refractivity contribution in [3.05, 3.63) is 60.9 Å². The molecule has 0 fully saturated rings. The second-order valence-electron chi connectivity index (χ2n) is 5.19. The molecule has 2 heterocycles. The number of imidazole rings is 1. The van der Waals surface area contributed by atoms with Crippen LogP contribution < -0.4 is 5.32 Å². The largest absolute Gasteiger partial charge is 0.403 e. The standard InChI is InChI=1S/C17H13N5O2/c23-15(10-22-11-18-13-8-4-5-9-14(13)22)19-17-21-20-16(24-17)12-6-2-1-3-7-12/h1-9,11H,10H2,(H,19,21,23). The van der Waals surface area contributed by atoms with Gasteiger partial charge in [-0.25, -0.2) is 4.98 Å². The van der Waals surface area contributed by atoms with E-state index in [-0.39, 0.29) is 18.5 Å². The van der Waals surface area contributed by atoms with Gasteiger partial charge in [-0.3, -0.25) is 10.1 Å². The third kappa shape index (κ3) is 2.74. The summed E-state index contributed by atoms with van der Waals surface area (Å²) in [7, 11) is 0. The summed E-state index contributed by atoms with van der Waals surface area (Å²) in [4.78, 5) is 16.4. The van der Waals surface area contributed by atoms with E-state index in [4.69, 9.17) is 4.42 Å². The van der Waals surface area contributed by atoms with Gasteiger partial charge in [0.15, 0.2) is 0 Å². The number of nitrogens with one attached hydrogen (secondary N) is 1. The number of carbonyl (C=O) groups excluding carboxylic acids is 1. The molecule has 24 heavy (non-hydrogen) atoms. The van der Waals surface area contributed by atoms with Crippen molar-refractivity contribution in [3.8, 4) is 11.5 Å². The number of para-hydroxylation sites is 2. The first-order valence-electron chi connectivity index (χ1n) is 7.38. The summed E-state index contributed by atoms with van der Waals surface area (Å²) in [6.07, 6.45) is 1.63. The van der Waals surface area contributed by atoms with Gasteiger partial charge in [0.2, 0.25) is 11.8 Å². The van der Waals surface area contributed by atoms with Crippen LogP contribution in [0.5, 0.6) is 0 Å². The van der Waals surface area contributed by atoms with Crippen molar-refractivity contribution < 1.29 is 9.21 Å². The predicted octanol–water partition coefficient (Wildman–Crippen LogP) is 2.73. The van der Waals surface area contributed by atoms with Crippen molar-refractivity contribution in [2.45, 2.75) is 6.54 Å². The van der Waals surface area contributed by atoms with Crippen LogP contribution in [0.15, 0.2) is 65.3 Å². The van der Waals surface area contributed by atoms with Crippen molar-refractivity contribution in [2.75, 3.05) is 5.32 Å². The molecular formula is C17H13N5O2. The number of aromatic nitrogens is 4. The molecule has 0 atom stereocenters. The summed E-state index contributed by atoms with van der Waals surface area (Å²) in [6.45, 7) is 0.115. The van der Waals surface area contributed by atoms with Gasteiger partial charge in [0.25, 0.3) is 0 Å². The molecule has 4 rings (SSSR count). The summed E-state index contributed by atoms with van der Waals surface area (Å²) in [5, 5.41) is 10.4. The van der Waals surface area contributed by atoms with E-state index in [2.05, 4.69) is 20.5 Å². The Morgan fingerprint density at radius 1 is 1.04 bits per heavy atom. The van der Waals surface area contributed by atoms with Crippen molar-refractivity contribution in [2.24, 2.45) is 0 Å². The van der Waals surface area contributed by atoms with Crippen molar-refractivity contribution in [1.82, 2.24) is 19.7 Å². The Balaban J connectivity index is 1.48. The lowest BCUT2D eigenvalue weighted by Crippen LogP contribution is -2.18. The molecule has 4 aromatic rings. The fraction of sp³-hybridized carbons (Fsp3) is 0.0588. The highest BCUT2D eigenvalue weighted by atomic mass is 16.4. The molecule has 0 saturated carbocycles. The van der Waals surface area contributed by atoms with Crippen LogP contribution in [0.25, 0.3) is 22.5 Å². The molecule has 2 aromatic carbocycles. The van der Waals surface area contributed by atoms with Crippen LogP contribution in [-0.2, 0) is 11.3 Å². The average molecular weight is 319 g/mol. The molecule has 0 bridgehead atoms. The summed E-state index contributed by atoms with van der Waals surface area (Å²) in [6, 6.07) is 17.1. The molecule has 0 spiro atoms. The van der Waals surface area contributed by atoms with Gasteiger partial charge < -0.3 is 8.98 Å². The van der Waals surface area contributed by atoms with Crippen LogP contribution in [0.1, 0.15) is 0 Å². The lowest BCUT2D eigenvalue weighted by molar-refractivity contribution is -0.116. The molecule has 0 aliphatic heterocycles. The minimum absolute atomic E-state index is 0.0725. The lowest BCUT2D eigenvalue weighted by atomic mass is 10.2. The number of benzene rings is 2. The van der Waals surface area contributed by atoms with Gasteiger partial charge in [0.05, 0.1) is 17.4 Å². The van der Waals surface area contributed by atoms with Crippen LogP contribution >= 0.6 is 0 Å². The Morgan fingerprint density at radius 2 is 1.83 bits per heavy atom. The minimum atomic E-state index is -0.263. The maximum atomic E-state index is 12.2. The molecule has 0 unspecified atom stereocenters. The molecule has 2 aromatic heterocycles. The van der Waals surface area contributed by atoms with E-state index in [9.17, 15) is 4.79 Å². The fourth-order valence-electron chi connectivity index (χ4n) is 2.42. The second kappa shape index (κ2) is 5.96. The highest BCUT2D eigenvalue weighted by Gasteiger charge is 2.12. The zero-order chi connectivity index (χ0) is 16.4. The molecular weight excluding hydrogens is 306 g/mol. The number of nitrogens with zero attached hydrogens (tertiary/aromatic N) is 4. The highest BCUT2D eigenvalue weighted by Crippen LogP contribution is 2.19. The Morgan fingerprint density at radius 3 is 2.71 bits per heavy atom. The normalized spacial score (nSPS) is 10.8. The SMILES string of the molecule is O=C(Cn1cnc2ccccc21)Nc1nnc(-c2ccccc2)o1. The molecule has 0 radical (unpaired) electrons. The quantitative estimate of drug-likeness (QED) is 0.625. The van der Waals surface area contributed by atoms with Crippen LogP contribution in [0.3, 0.4) is 0 Å². The second-order valence-corrected chi connectivity index (χ2v) is 5.19. The average Bonchev–Trinajstić information content (AvgIpc) is 3.23. The highest BCUT2D eigenvalue weighted by molar-refractivity contribution is 5.89. The monoisotopic (exact) mass is 319 g/mol. The number of hydrogen-bond donors (Lipinski definition) is 1. The Kier molecular flexibility index (Phi) is 3.51. The van der Waals surface area contributed by atoms with Crippen molar-refractivity contribution >= 4 is 23.0 Å². The maximum Gasteiger partial charge on any atom is 0.322 e. The number of hydrogen-bond acceptors (Lipinski definition) is 5. The zero-order valence-corrected chi connectivity index (χ0v) is 12.6. The zero-order valence-electron chi connectivity index (χ0n) is 12.6. The summed E-state index contributed by atoms with van der Waals surface area (Å²) >= 11 is 0. The van der Waals surface area contributed by atoms with Gasteiger partial charge in [0, 0.05) is 5.56 Å². The van der Waals surface area contributed by atoms with E-state index in [0.29, 0.717) is 5.89 Å². The molecule has 0 saturated heterocycles. The van der Waals surface area contributed by atoms with Crippen molar-refractivity contribution in [3.63, 3.8) is 0 Å². The van der Waals surface area contributed by atoms with Gasteiger partial charge in [0.1, 0.15) is 6.54 Å². The fourth-order valence-corrected chi connectivity index (χ4v) is 2.42. The molecule has 7 nitrogen and oxygen atoms in total. The summed E-state index contributed by atoms with van der Waals surface area (Å²) < 4.78 is 7.23. The van der Waals surface area contributed by atoms with Crippen LogP contribution in [0, 0.1) is 0 Å². The Labute approximate surface area is 137 Å². The van der Waals surface area contributed by atoms with E-state index in [1.165, 1.54) is 0 Å². The third-order valence-corrected chi connectivity index (χ3v) is 3.53. The third-order valence-electron chi connectivity index (χ3n) is 3.53. The van der Waals surface area contributed by atoms with E-state index >= 15 is 0 Å². The number of fused-ring (bicyclic) bond motifs is 1. The molecule has 0 aliphatic rings. The predicted molar refractivity (Wildman–Crippen MR) is 88.1 cm³/mol. The van der Waals surface area contributed by atoms with E-state index in [0.717, 1.165) is 16.6 Å². The van der Waals surface area contributed by atoms with Gasteiger partial charge in [-0.2, -0.15) is 0 Å².